The molecular weight excluding hydrogens is 503 g/mol. The van der Waals surface area contributed by atoms with Gasteiger partial charge in [0.25, 0.3) is 0 Å². The summed E-state index contributed by atoms with van der Waals surface area (Å²) < 4.78 is -0.556. The van der Waals surface area contributed by atoms with Crippen LogP contribution in [0.2, 0.25) is 10.0 Å². The summed E-state index contributed by atoms with van der Waals surface area (Å²) in [4.78, 5) is 31.8. The number of anilines is 1. The van der Waals surface area contributed by atoms with Gasteiger partial charge in [0.2, 0.25) is 5.91 Å². The van der Waals surface area contributed by atoms with E-state index in [2.05, 4.69) is 22.1 Å². The summed E-state index contributed by atoms with van der Waals surface area (Å²) in [6.45, 7) is 9.13. The van der Waals surface area contributed by atoms with E-state index in [1.807, 2.05) is 39.0 Å². The van der Waals surface area contributed by atoms with Crippen LogP contribution in [0.1, 0.15) is 57.2 Å². The number of hydrogen-bond acceptors (Lipinski definition) is 5. The number of rotatable bonds is 4. The Kier molecular flexibility index (Phi) is 7.60. The summed E-state index contributed by atoms with van der Waals surface area (Å²) in [5, 5.41) is 6.20. The number of halogens is 2. The summed E-state index contributed by atoms with van der Waals surface area (Å²) in [6, 6.07) is 11.8. The van der Waals surface area contributed by atoms with Crippen molar-refractivity contribution < 1.29 is 9.59 Å². The van der Waals surface area contributed by atoms with E-state index in [-0.39, 0.29) is 17.6 Å². The van der Waals surface area contributed by atoms with Gasteiger partial charge in [-0.15, -0.1) is 0 Å². The first-order valence-corrected chi connectivity index (χ1v) is 13.3. The minimum absolute atomic E-state index is 0.219. The first-order valence-electron chi connectivity index (χ1n) is 11.7. The molecule has 2 heterocycles. The van der Waals surface area contributed by atoms with Crippen LogP contribution in [0.25, 0.3) is 0 Å². The van der Waals surface area contributed by atoms with Crippen molar-refractivity contribution in [3.05, 3.63) is 63.1 Å². The SMILES string of the molecule is CC/N=C(/c1ccc(Cl)c(Cl)c1)N1CCCc2cc(C3=NN(C(=O)CC)C(=O)SC3(C)C)ccc21. The Bertz CT molecular complexity index is 1240. The van der Waals surface area contributed by atoms with Crippen molar-refractivity contribution in [2.75, 3.05) is 18.0 Å². The Morgan fingerprint density at radius 1 is 1.14 bits per heavy atom. The third-order valence-corrected chi connectivity index (χ3v) is 7.83. The lowest BCUT2D eigenvalue weighted by molar-refractivity contribution is -0.127. The minimum Gasteiger partial charge on any atom is -0.326 e. The molecule has 9 heteroatoms. The summed E-state index contributed by atoms with van der Waals surface area (Å²) in [5.41, 5.74) is 4.80. The molecule has 0 fully saturated rings. The molecule has 184 valence electrons. The zero-order valence-electron chi connectivity index (χ0n) is 20.3. The highest BCUT2D eigenvalue weighted by molar-refractivity contribution is 8.15. The lowest BCUT2D eigenvalue weighted by Gasteiger charge is -2.35. The van der Waals surface area contributed by atoms with Crippen LogP contribution in [-0.2, 0) is 11.2 Å². The number of carbonyl (C=O) groups excluding carboxylic acids is 2. The molecule has 2 aromatic rings. The Morgan fingerprint density at radius 3 is 2.60 bits per heavy atom. The fourth-order valence-corrected chi connectivity index (χ4v) is 5.58. The Morgan fingerprint density at radius 2 is 1.91 bits per heavy atom. The van der Waals surface area contributed by atoms with Crippen LogP contribution in [-0.4, -0.2) is 45.5 Å². The van der Waals surface area contributed by atoms with Crippen molar-refractivity contribution in [1.29, 1.82) is 0 Å². The van der Waals surface area contributed by atoms with Crippen molar-refractivity contribution in [2.45, 2.75) is 51.7 Å². The maximum Gasteiger partial charge on any atom is 0.309 e. The second-order valence-electron chi connectivity index (χ2n) is 8.91. The van der Waals surface area contributed by atoms with Crippen molar-refractivity contribution in [1.82, 2.24) is 5.01 Å². The highest BCUT2D eigenvalue weighted by Crippen LogP contribution is 2.38. The number of thioether (sulfide) groups is 1. The van der Waals surface area contributed by atoms with Gasteiger partial charge in [0, 0.05) is 30.8 Å². The van der Waals surface area contributed by atoms with Crippen LogP contribution in [0.5, 0.6) is 0 Å². The summed E-state index contributed by atoms with van der Waals surface area (Å²) in [5.74, 6) is 0.553. The summed E-state index contributed by atoms with van der Waals surface area (Å²) in [6.07, 6.45) is 2.10. The molecule has 2 aliphatic heterocycles. The molecule has 0 aromatic heterocycles. The largest absolute Gasteiger partial charge is 0.326 e. The maximum absolute atomic E-state index is 12.5. The fraction of sp³-hybridized carbons (Fsp3) is 0.385. The Balaban J connectivity index is 1.75. The van der Waals surface area contributed by atoms with Gasteiger partial charge in [-0.1, -0.05) is 36.2 Å². The third-order valence-electron chi connectivity index (χ3n) is 6.04. The lowest BCUT2D eigenvalue weighted by atomic mass is 9.93. The van der Waals surface area contributed by atoms with E-state index in [4.69, 9.17) is 28.2 Å². The number of hydrogen-bond donors (Lipinski definition) is 0. The molecule has 2 aliphatic rings. The first kappa shape index (κ1) is 25.7. The van der Waals surface area contributed by atoms with Crippen LogP contribution in [0.3, 0.4) is 0 Å². The van der Waals surface area contributed by atoms with E-state index in [1.165, 1.54) is 5.56 Å². The second kappa shape index (κ2) is 10.3. The van der Waals surface area contributed by atoms with Gasteiger partial charge in [-0.05, 0) is 86.8 Å². The molecule has 0 unspecified atom stereocenters. The molecule has 2 amide bonds. The molecule has 0 N–H and O–H groups in total. The predicted octanol–water partition coefficient (Wildman–Crippen LogP) is 6.80. The van der Waals surface area contributed by atoms with Gasteiger partial charge in [0.05, 0.1) is 20.5 Å². The maximum atomic E-state index is 12.5. The zero-order valence-corrected chi connectivity index (χ0v) is 22.6. The number of aliphatic imine (C=N–C) groups is 1. The Labute approximate surface area is 220 Å². The highest BCUT2D eigenvalue weighted by Gasteiger charge is 2.39. The third kappa shape index (κ3) is 5.13. The summed E-state index contributed by atoms with van der Waals surface area (Å²) >= 11 is 13.6. The number of carbonyl (C=O) groups is 2. The molecule has 0 radical (unpaired) electrons. The van der Waals surface area contributed by atoms with Gasteiger partial charge >= 0.3 is 5.24 Å². The van der Waals surface area contributed by atoms with Gasteiger partial charge in [-0.2, -0.15) is 10.1 Å². The molecule has 0 aliphatic carbocycles. The molecule has 2 aromatic carbocycles. The molecule has 0 spiro atoms. The first-order chi connectivity index (χ1) is 16.7. The number of hydrazone groups is 1. The van der Waals surface area contributed by atoms with E-state index >= 15 is 0 Å². The quantitative estimate of drug-likeness (QED) is 0.322. The number of benzene rings is 2. The number of amidine groups is 1. The molecular formula is C26H28Cl2N4O2S. The van der Waals surface area contributed by atoms with Crippen molar-refractivity contribution in [3.8, 4) is 0 Å². The molecule has 0 atom stereocenters. The topological polar surface area (TPSA) is 65.3 Å². The van der Waals surface area contributed by atoms with E-state index in [0.717, 1.165) is 64.5 Å². The predicted molar refractivity (Wildman–Crippen MR) is 146 cm³/mol. The molecule has 6 nitrogen and oxygen atoms in total. The minimum atomic E-state index is -0.556. The average molecular weight is 532 g/mol. The van der Waals surface area contributed by atoms with Crippen molar-refractivity contribution in [2.24, 2.45) is 10.1 Å². The molecule has 0 bridgehead atoms. The normalized spacial score (nSPS) is 17.8. The number of fused-ring (bicyclic) bond motifs is 1. The monoisotopic (exact) mass is 530 g/mol. The highest BCUT2D eigenvalue weighted by atomic mass is 35.5. The van der Waals surface area contributed by atoms with Crippen LogP contribution in [0.15, 0.2) is 46.5 Å². The van der Waals surface area contributed by atoms with Crippen LogP contribution >= 0.6 is 35.0 Å². The Hall–Kier alpha value is -2.35. The van der Waals surface area contributed by atoms with Gasteiger partial charge < -0.3 is 4.90 Å². The van der Waals surface area contributed by atoms with E-state index in [9.17, 15) is 9.59 Å². The van der Waals surface area contributed by atoms with Crippen molar-refractivity contribution >= 4 is 63.3 Å². The summed E-state index contributed by atoms with van der Waals surface area (Å²) in [7, 11) is 0. The molecule has 0 saturated carbocycles. The fourth-order valence-electron chi connectivity index (χ4n) is 4.37. The van der Waals surface area contributed by atoms with Gasteiger partial charge in [0.15, 0.2) is 0 Å². The van der Waals surface area contributed by atoms with Crippen LogP contribution in [0.4, 0.5) is 10.5 Å². The number of amides is 2. The van der Waals surface area contributed by atoms with Gasteiger partial charge in [-0.25, -0.2) is 0 Å². The second-order valence-corrected chi connectivity index (χ2v) is 11.3. The van der Waals surface area contributed by atoms with Gasteiger partial charge in [0.1, 0.15) is 5.84 Å². The molecule has 0 saturated heterocycles. The zero-order chi connectivity index (χ0) is 25.3. The van der Waals surface area contributed by atoms with Crippen molar-refractivity contribution in [3.63, 3.8) is 0 Å². The molecule has 4 rings (SSSR count). The van der Waals surface area contributed by atoms with Gasteiger partial charge in [-0.3, -0.25) is 14.6 Å². The van der Waals surface area contributed by atoms with Crippen LogP contribution in [0, 0.1) is 0 Å². The number of imide groups is 1. The van der Waals surface area contributed by atoms with E-state index in [0.29, 0.717) is 16.6 Å². The smallest absolute Gasteiger partial charge is 0.309 e. The average Bonchev–Trinajstić information content (AvgIpc) is 2.83. The number of aryl methyl sites for hydroxylation is 1. The number of nitrogens with zero attached hydrogens (tertiary/aromatic N) is 4. The van der Waals surface area contributed by atoms with E-state index < -0.39 is 4.75 Å². The standard InChI is InChI=1S/C26H28Cl2N4O2S/c1-5-22(33)32-25(34)35-26(3,4)23(30-32)17-10-12-21-16(14-17)8-7-13-31(21)24(29-6-2)18-9-11-19(27)20(28)15-18/h9-12,14-15H,5-8,13H2,1-4H3/b29-24-. The molecule has 35 heavy (non-hydrogen) atoms. The van der Waals surface area contributed by atoms with Crippen LogP contribution < -0.4 is 4.90 Å². The van der Waals surface area contributed by atoms with E-state index in [1.54, 1.807) is 13.0 Å². The lowest BCUT2D eigenvalue weighted by Crippen LogP contribution is -2.43.